The number of halogens is 1. The second kappa shape index (κ2) is 8.81. The predicted molar refractivity (Wildman–Crippen MR) is 119 cm³/mol. The van der Waals surface area contributed by atoms with E-state index in [-0.39, 0.29) is 17.3 Å². The Morgan fingerprint density at radius 2 is 1.59 bits per heavy atom. The van der Waals surface area contributed by atoms with Crippen LogP contribution in [0.25, 0.3) is 11.0 Å². The van der Waals surface area contributed by atoms with Crippen LogP contribution in [0.3, 0.4) is 0 Å². The topological polar surface area (TPSA) is 93.1 Å². The Morgan fingerprint density at radius 3 is 2.25 bits per heavy atom. The van der Waals surface area contributed by atoms with Crippen molar-refractivity contribution in [2.24, 2.45) is 0 Å². The maximum Gasteiger partial charge on any atom is 0.296 e. The smallest absolute Gasteiger partial charge is 0.296 e. The molecule has 0 aliphatic carbocycles. The first-order chi connectivity index (χ1) is 15.4. The predicted octanol–water partition coefficient (Wildman–Crippen LogP) is 4.00. The average molecular weight is 430 g/mol. The van der Waals surface area contributed by atoms with Crippen LogP contribution in [0.1, 0.15) is 22.8 Å². The zero-order valence-corrected chi connectivity index (χ0v) is 17.1. The van der Waals surface area contributed by atoms with E-state index in [0.29, 0.717) is 29.0 Å². The number of rotatable bonds is 6. The van der Waals surface area contributed by atoms with Crippen LogP contribution in [0.2, 0.25) is 0 Å². The number of hydrogen-bond acceptors (Lipinski definition) is 4. The van der Waals surface area contributed by atoms with E-state index in [4.69, 9.17) is 0 Å². The third-order valence-electron chi connectivity index (χ3n) is 4.81. The van der Waals surface area contributed by atoms with E-state index in [1.54, 1.807) is 65.5 Å². The van der Waals surface area contributed by atoms with Gasteiger partial charge in [0.2, 0.25) is 5.91 Å². The van der Waals surface area contributed by atoms with Gasteiger partial charge in [-0.3, -0.25) is 14.4 Å². The molecule has 7 nitrogen and oxygen atoms in total. The molecule has 0 aliphatic heterocycles. The van der Waals surface area contributed by atoms with Crippen molar-refractivity contribution in [3.05, 3.63) is 90.0 Å². The number of nitrogens with one attached hydrogen (secondary N) is 2. The second-order valence-corrected chi connectivity index (χ2v) is 7.21. The minimum absolute atomic E-state index is 0.206. The molecular formula is C24H19FN4O3. The lowest BCUT2D eigenvalue weighted by Crippen LogP contribution is -2.22. The molecule has 0 unspecified atom stereocenters. The van der Waals surface area contributed by atoms with E-state index < -0.39 is 11.7 Å². The maximum atomic E-state index is 13.2. The molecule has 4 aromatic rings. The minimum Gasteiger partial charge on any atom is -0.327 e. The molecule has 0 saturated heterocycles. The summed E-state index contributed by atoms with van der Waals surface area (Å²) in [5.74, 6) is -2.03. The lowest BCUT2D eigenvalue weighted by Gasteiger charge is -2.06. The van der Waals surface area contributed by atoms with Gasteiger partial charge in [0.15, 0.2) is 0 Å². The molecule has 0 atom stereocenters. The lowest BCUT2D eigenvalue weighted by molar-refractivity contribution is -0.114. The summed E-state index contributed by atoms with van der Waals surface area (Å²) in [6.45, 7) is 1.77. The monoisotopic (exact) mass is 430 g/mol. The lowest BCUT2D eigenvalue weighted by atomic mass is 10.1. The van der Waals surface area contributed by atoms with Crippen LogP contribution in [0.5, 0.6) is 0 Å². The number of carbonyl (C=O) groups excluding carboxylic acids is 3. The molecule has 2 N–H and O–H groups in total. The number of benzene rings is 2. The summed E-state index contributed by atoms with van der Waals surface area (Å²) < 4.78 is 15.0. The Hall–Kier alpha value is -4.33. The van der Waals surface area contributed by atoms with Crippen molar-refractivity contribution >= 4 is 40.0 Å². The third-order valence-corrected chi connectivity index (χ3v) is 4.81. The van der Waals surface area contributed by atoms with Crippen molar-refractivity contribution in [2.75, 3.05) is 10.6 Å². The van der Waals surface area contributed by atoms with Gasteiger partial charge in [0.1, 0.15) is 11.5 Å². The quantitative estimate of drug-likeness (QED) is 0.357. The molecule has 0 aliphatic rings. The van der Waals surface area contributed by atoms with Gasteiger partial charge in [-0.15, -0.1) is 0 Å². The Labute approximate surface area is 182 Å². The second-order valence-electron chi connectivity index (χ2n) is 7.21. The number of pyridine rings is 1. The Morgan fingerprint density at radius 1 is 0.938 bits per heavy atom. The van der Waals surface area contributed by atoms with Gasteiger partial charge in [0.25, 0.3) is 11.7 Å². The maximum absolute atomic E-state index is 13.2. The molecule has 0 fully saturated rings. The van der Waals surface area contributed by atoms with Crippen LogP contribution in [-0.2, 0) is 16.1 Å². The van der Waals surface area contributed by atoms with Crippen LogP contribution in [0.15, 0.2) is 73.1 Å². The number of carbonyl (C=O) groups is 3. The van der Waals surface area contributed by atoms with E-state index in [2.05, 4.69) is 15.6 Å². The minimum atomic E-state index is -0.790. The Kier molecular flexibility index (Phi) is 5.76. The summed E-state index contributed by atoms with van der Waals surface area (Å²) in [7, 11) is 0. The van der Waals surface area contributed by atoms with E-state index in [0.717, 1.165) is 5.56 Å². The van der Waals surface area contributed by atoms with Gasteiger partial charge >= 0.3 is 0 Å². The molecule has 2 amide bonds. The largest absolute Gasteiger partial charge is 0.327 e. The number of amides is 2. The third kappa shape index (κ3) is 4.54. The molecule has 2 aromatic carbocycles. The molecule has 32 heavy (non-hydrogen) atoms. The van der Waals surface area contributed by atoms with Gasteiger partial charge in [0.05, 0.1) is 5.56 Å². The first-order valence-electron chi connectivity index (χ1n) is 9.82. The van der Waals surface area contributed by atoms with Crippen molar-refractivity contribution in [1.82, 2.24) is 9.55 Å². The summed E-state index contributed by atoms with van der Waals surface area (Å²) in [5, 5.41) is 5.76. The highest BCUT2D eigenvalue weighted by atomic mass is 19.1. The molecule has 0 saturated carbocycles. The highest BCUT2D eigenvalue weighted by Gasteiger charge is 2.22. The fourth-order valence-electron chi connectivity index (χ4n) is 3.36. The van der Waals surface area contributed by atoms with Gasteiger partial charge in [-0.05, 0) is 54.1 Å². The van der Waals surface area contributed by atoms with E-state index in [1.807, 2.05) is 0 Å². The molecule has 160 valence electrons. The van der Waals surface area contributed by atoms with Gasteiger partial charge < -0.3 is 15.2 Å². The number of nitrogens with zero attached hydrogens (tertiary/aromatic N) is 2. The summed E-state index contributed by atoms with van der Waals surface area (Å²) in [6, 6.07) is 15.9. The van der Waals surface area contributed by atoms with Crippen molar-refractivity contribution in [2.45, 2.75) is 13.5 Å². The molecule has 2 aromatic heterocycles. The number of aromatic nitrogens is 2. The van der Waals surface area contributed by atoms with Crippen molar-refractivity contribution in [3.8, 4) is 0 Å². The molecular weight excluding hydrogens is 411 g/mol. The number of Topliss-reactive ketones (excluding diaryl/α,β-unsaturated/α-hetero) is 1. The Bertz CT molecular complexity index is 1310. The zero-order valence-electron chi connectivity index (χ0n) is 17.1. The first-order valence-corrected chi connectivity index (χ1v) is 9.82. The first kappa shape index (κ1) is 20.9. The van der Waals surface area contributed by atoms with Crippen LogP contribution in [-0.4, -0.2) is 27.1 Å². The number of hydrogen-bond donors (Lipinski definition) is 2. The number of fused-ring (bicyclic) bond motifs is 1. The van der Waals surface area contributed by atoms with E-state index in [9.17, 15) is 18.8 Å². The van der Waals surface area contributed by atoms with Gasteiger partial charge in [-0.1, -0.05) is 12.1 Å². The zero-order chi connectivity index (χ0) is 22.7. The highest BCUT2D eigenvalue weighted by Crippen LogP contribution is 2.22. The summed E-state index contributed by atoms with van der Waals surface area (Å²) >= 11 is 0. The number of anilines is 2. The average Bonchev–Trinajstić information content (AvgIpc) is 3.14. The van der Waals surface area contributed by atoms with Crippen molar-refractivity contribution in [1.29, 1.82) is 0 Å². The van der Waals surface area contributed by atoms with Crippen LogP contribution >= 0.6 is 0 Å². The van der Waals surface area contributed by atoms with Crippen LogP contribution in [0, 0.1) is 5.82 Å². The van der Waals surface area contributed by atoms with Gasteiger partial charge in [0, 0.05) is 42.6 Å². The standard InChI is InChI=1S/C24H19FN4O3/c1-15(30)27-18-8-10-19(11-9-18)28-24(32)22(31)21-14-29(23-20(21)3-2-12-26-23)13-16-4-6-17(25)7-5-16/h2-12,14H,13H2,1H3,(H,27,30)(H,28,32). The molecule has 0 bridgehead atoms. The summed E-state index contributed by atoms with van der Waals surface area (Å²) in [4.78, 5) is 41.0. The fraction of sp³-hybridized carbons (Fsp3) is 0.0833. The summed E-state index contributed by atoms with van der Waals surface area (Å²) in [5.41, 5.74) is 2.61. The van der Waals surface area contributed by atoms with E-state index >= 15 is 0 Å². The molecule has 2 heterocycles. The van der Waals surface area contributed by atoms with Crippen LogP contribution in [0.4, 0.5) is 15.8 Å². The summed E-state index contributed by atoms with van der Waals surface area (Å²) in [6.07, 6.45) is 3.19. The molecule has 0 spiro atoms. The fourth-order valence-corrected chi connectivity index (χ4v) is 3.36. The van der Waals surface area contributed by atoms with Gasteiger partial charge in [-0.2, -0.15) is 0 Å². The van der Waals surface area contributed by atoms with Crippen molar-refractivity contribution < 1.29 is 18.8 Å². The van der Waals surface area contributed by atoms with Crippen molar-refractivity contribution in [3.63, 3.8) is 0 Å². The highest BCUT2D eigenvalue weighted by molar-refractivity contribution is 6.48. The molecule has 4 rings (SSSR count). The number of ketones is 1. The Balaban J connectivity index is 1.57. The molecule has 8 heteroatoms. The molecule has 0 radical (unpaired) electrons. The van der Waals surface area contributed by atoms with E-state index in [1.165, 1.54) is 19.1 Å². The SMILES string of the molecule is CC(=O)Nc1ccc(NC(=O)C(=O)c2cn(Cc3ccc(F)cc3)c3ncccc23)cc1. The van der Waals surface area contributed by atoms with Gasteiger partial charge in [-0.25, -0.2) is 9.37 Å². The normalized spacial score (nSPS) is 10.7. The van der Waals surface area contributed by atoms with Crippen LogP contribution < -0.4 is 10.6 Å².